The van der Waals surface area contributed by atoms with Crippen molar-refractivity contribution in [2.24, 2.45) is 17.8 Å². The highest BCUT2D eigenvalue weighted by Gasteiger charge is 2.56. The van der Waals surface area contributed by atoms with Gasteiger partial charge in [-0.1, -0.05) is 19.1 Å². The highest BCUT2D eigenvalue weighted by Crippen LogP contribution is 2.45. The number of rotatable bonds is 6. The molecule has 0 spiro atoms. The van der Waals surface area contributed by atoms with Gasteiger partial charge in [0.05, 0.1) is 0 Å². The van der Waals surface area contributed by atoms with Crippen molar-refractivity contribution in [3.05, 3.63) is 25.3 Å². The van der Waals surface area contributed by atoms with Gasteiger partial charge in [0, 0.05) is 13.1 Å². The molecule has 1 aliphatic rings. The minimum atomic E-state index is -3.36. The fraction of sp³-hybridized carbons (Fsp3) is 0.600. The molecule has 0 heterocycles. The summed E-state index contributed by atoms with van der Waals surface area (Å²) in [5.74, 6) is -7.91. The maximum atomic E-state index is 14.5. The third kappa shape index (κ3) is 4.12. The van der Waals surface area contributed by atoms with Gasteiger partial charge in [0.2, 0.25) is 11.8 Å². The molecule has 1 saturated carbocycles. The largest absolute Gasteiger partial charge is 0.352 e. The fourth-order valence-electron chi connectivity index (χ4n) is 2.61. The molecule has 21 heavy (non-hydrogen) atoms. The zero-order valence-electron chi connectivity index (χ0n) is 12.2. The first kappa shape index (κ1) is 17.3. The normalized spacial score (nSPS) is 27.5. The summed E-state index contributed by atoms with van der Waals surface area (Å²) in [5, 5.41) is 4.79. The smallest absolute Gasteiger partial charge is 0.271 e. The van der Waals surface area contributed by atoms with E-state index in [1.807, 2.05) is 0 Å². The molecule has 0 radical (unpaired) electrons. The fourth-order valence-corrected chi connectivity index (χ4v) is 2.61. The first-order valence-electron chi connectivity index (χ1n) is 6.99. The summed E-state index contributed by atoms with van der Waals surface area (Å²) < 4.78 is 29.0. The minimum Gasteiger partial charge on any atom is -0.352 e. The number of halogens is 2. The predicted octanol–water partition coefficient (Wildman–Crippen LogP) is 1.89. The van der Waals surface area contributed by atoms with E-state index in [0.717, 1.165) is 0 Å². The van der Waals surface area contributed by atoms with Crippen LogP contribution in [-0.4, -0.2) is 30.8 Å². The van der Waals surface area contributed by atoms with Crippen LogP contribution in [0.4, 0.5) is 8.78 Å². The second-order valence-electron chi connectivity index (χ2n) is 5.42. The van der Waals surface area contributed by atoms with E-state index in [2.05, 4.69) is 23.8 Å². The number of alkyl halides is 2. The van der Waals surface area contributed by atoms with Crippen LogP contribution in [0, 0.1) is 17.8 Å². The van der Waals surface area contributed by atoms with Crippen molar-refractivity contribution in [2.45, 2.75) is 25.7 Å². The van der Waals surface area contributed by atoms with Gasteiger partial charge < -0.3 is 10.6 Å². The van der Waals surface area contributed by atoms with E-state index in [4.69, 9.17) is 0 Å². The third-order valence-electron chi connectivity index (χ3n) is 3.68. The van der Waals surface area contributed by atoms with E-state index < -0.39 is 29.6 Å². The maximum Gasteiger partial charge on any atom is 0.271 e. The van der Waals surface area contributed by atoms with Crippen LogP contribution < -0.4 is 10.6 Å². The van der Waals surface area contributed by atoms with Gasteiger partial charge in [-0.2, -0.15) is 0 Å². The van der Waals surface area contributed by atoms with E-state index >= 15 is 0 Å². The Balaban J connectivity index is 2.90. The molecule has 1 aliphatic carbocycles. The average molecular weight is 300 g/mol. The Morgan fingerprint density at radius 3 is 1.81 bits per heavy atom. The van der Waals surface area contributed by atoms with Gasteiger partial charge in [-0.3, -0.25) is 9.59 Å². The monoisotopic (exact) mass is 300 g/mol. The summed E-state index contributed by atoms with van der Waals surface area (Å²) in [5.41, 5.74) is 0. The molecule has 118 valence electrons. The van der Waals surface area contributed by atoms with Gasteiger partial charge in [0.1, 0.15) is 11.8 Å². The van der Waals surface area contributed by atoms with Gasteiger partial charge in [-0.25, -0.2) is 8.78 Å². The molecule has 0 aliphatic heterocycles. The molecule has 4 nitrogen and oxygen atoms in total. The van der Waals surface area contributed by atoms with Crippen molar-refractivity contribution in [3.63, 3.8) is 0 Å². The van der Waals surface area contributed by atoms with E-state index in [1.165, 1.54) is 12.2 Å². The van der Waals surface area contributed by atoms with E-state index in [-0.39, 0.29) is 31.8 Å². The van der Waals surface area contributed by atoms with E-state index in [1.54, 1.807) is 6.92 Å². The summed E-state index contributed by atoms with van der Waals surface area (Å²) in [6.45, 7) is 8.90. The van der Waals surface area contributed by atoms with Crippen molar-refractivity contribution in [1.82, 2.24) is 10.6 Å². The molecule has 2 amide bonds. The van der Waals surface area contributed by atoms with Crippen LogP contribution in [-0.2, 0) is 9.59 Å². The van der Waals surface area contributed by atoms with Crippen LogP contribution in [0.2, 0.25) is 0 Å². The lowest BCUT2D eigenvalue weighted by molar-refractivity contribution is -0.172. The molecule has 0 aromatic heterocycles. The topological polar surface area (TPSA) is 58.2 Å². The summed E-state index contributed by atoms with van der Waals surface area (Å²) in [6, 6.07) is 0. The van der Waals surface area contributed by atoms with Gasteiger partial charge in [-0.15, -0.1) is 13.2 Å². The second kappa shape index (κ2) is 7.33. The minimum absolute atomic E-state index is 0.0706. The molecule has 2 N–H and O–H groups in total. The van der Waals surface area contributed by atoms with E-state index in [9.17, 15) is 18.4 Å². The van der Waals surface area contributed by atoms with Crippen LogP contribution in [0.5, 0.6) is 0 Å². The van der Waals surface area contributed by atoms with Crippen molar-refractivity contribution in [3.8, 4) is 0 Å². The van der Waals surface area contributed by atoms with Crippen molar-refractivity contribution >= 4 is 11.8 Å². The number of amides is 2. The SMILES string of the molecule is C=CCNC(=O)C1CC(C)CC(C(=O)NCC=C)C1(F)F. The summed E-state index contributed by atoms with van der Waals surface area (Å²) in [4.78, 5) is 23.8. The van der Waals surface area contributed by atoms with Crippen molar-refractivity contribution < 1.29 is 18.4 Å². The molecule has 0 aromatic rings. The van der Waals surface area contributed by atoms with Crippen LogP contribution in [0.1, 0.15) is 19.8 Å². The molecule has 1 rings (SSSR count). The number of nitrogens with one attached hydrogen (secondary N) is 2. The second-order valence-corrected chi connectivity index (χ2v) is 5.42. The number of hydrogen-bond acceptors (Lipinski definition) is 2. The lowest BCUT2D eigenvalue weighted by Gasteiger charge is -2.39. The summed E-state index contributed by atoms with van der Waals surface area (Å²) in [6.07, 6.45) is 3.00. The van der Waals surface area contributed by atoms with Crippen LogP contribution in [0.15, 0.2) is 25.3 Å². The Bertz CT molecular complexity index is 388. The molecule has 1 fully saturated rings. The first-order valence-corrected chi connectivity index (χ1v) is 6.99. The Hall–Kier alpha value is -1.72. The predicted molar refractivity (Wildman–Crippen MR) is 76.7 cm³/mol. The Kier molecular flexibility index (Phi) is 6.05. The molecule has 0 aromatic carbocycles. The van der Waals surface area contributed by atoms with Crippen LogP contribution >= 0.6 is 0 Å². The standard InChI is InChI=1S/C15H22F2N2O2/c1-4-6-18-13(20)11-8-10(3)9-12(15(11,16)17)14(21)19-7-5-2/h4-5,10-12H,1-2,6-9H2,3H3,(H,18,20)(H,19,21). The molecular weight excluding hydrogens is 278 g/mol. The lowest BCUT2D eigenvalue weighted by Crippen LogP contribution is -2.54. The van der Waals surface area contributed by atoms with E-state index in [0.29, 0.717) is 0 Å². The number of hydrogen-bond donors (Lipinski definition) is 2. The molecular formula is C15H22F2N2O2. The molecule has 2 atom stereocenters. The molecule has 0 bridgehead atoms. The quantitative estimate of drug-likeness (QED) is 0.736. The summed E-state index contributed by atoms with van der Waals surface area (Å²) >= 11 is 0. The Morgan fingerprint density at radius 2 is 1.48 bits per heavy atom. The van der Waals surface area contributed by atoms with Crippen molar-refractivity contribution in [1.29, 1.82) is 0 Å². The third-order valence-corrected chi connectivity index (χ3v) is 3.68. The first-order chi connectivity index (χ1) is 9.84. The molecule has 2 unspecified atom stereocenters. The van der Waals surface area contributed by atoms with Crippen LogP contribution in [0.3, 0.4) is 0 Å². The van der Waals surface area contributed by atoms with Crippen LogP contribution in [0.25, 0.3) is 0 Å². The van der Waals surface area contributed by atoms with Crippen molar-refractivity contribution in [2.75, 3.05) is 13.1 Å². The number of carbonyl (C=O) groups excluding carboxylic acids is 2. The maximum absolute atomic E-state index is 14.5. The zero-order chi connectivity index (χ0) is 16.0. The number of carbonyl (C=O) groups is 2. The summed E-state index contributed by atoms with van der Waals surface area (Å²) in [7, 11) is 0. The van der Waals surface area contributed by atoms with Gasteiger partial charge in [-0.05, 0) is 18.8 Å². The highest BCUT2D eigenvalue weighted by molar-refractivity contribution is 5.84. The molecule has 0 saturated heterocycles. The Labute approximate surface area is 123 Å². The average Bonchev–Trinajstić information content (AvgIpc) is 2.44. The van der Waals surface area contributed by atoms with Gasteiger partial charge in [0.25, 0.3) is 5.92 Å². The van der Waals surface area contributed by atoms with Gasteiger partial charge in [0.15, 0.2) is 0 Å². The Morgan fingerprint density at radius 1 is 1.10 bits per heavy atom. The highest BCUT2D eigenvalue weighted by atomic mass is 19.3. The molecule has 6 heteroatoms. The lowest BCUT2D eigenvalue weighted by atomic mass is 9.72. The van der Waals surface area contributed by atoms with Gasteiger partial charge >= 0.3 is 0 Å². The zero-order valence-corrected chi connectivity index (χ0v) is 12.2.